The first-order valence-corrected chi connectivity index (χ1v) is 5.83. The van der Waals surface area contributed by atoms with Gasteiger partial charge >= 0.3 is 6.18 Å². The van der Waals surface area contributed by atoms with E-state index >= 15 is 0 Å². The van der Waals surface area contributed by atoms with E-state index in [1.54, 1.807) is 0 Å². The second-order valence-electron chi connectivity index (χ2n) is 4.05. The van der Waals surface area contributed by atoms with Crippen LogP contribution < -0.4 is 5.32 Å². The van der Waals surface area contributed by atoms with Gasteiger partial charge in [-0.1, -0.05) is 6.92 Å². The van der Waals surface area contributed by atoms with Crippen LogP contribution in [-0.4, -0.2) is 17.7 Å². The fourth-order valence-electron chi connectivity index (χ4n) is 1.76. The Morgan fingerprint density at radius 2 is 2.06 bits per heavy atom. The van der Waals surface area contributed by atoms with Crippen LogP contribution in [0.25, 0.3) is 0 Å². The van der Waals surface area contributed by atoms with E-state index in [0.717, 1.165) is 6.20 Å². The van der Waals surface area contributed by atoms with E-state index < -0.39 is 18.4 Å². The van der Waals surface area contributed by atoms with Gasteiger partial charge in [0, 0.05) is 18.7 Å². The first kappa shape index (κ1) is 14.9. The molecule has 0 spiro atoms. The Morgan fingerprint density at radius 3 is 2.61 bits per heavy atom. The minimum absolute atomic E-state index is 0.0116. The Bertz CT molecular complexity index is 365. The molecule has 102 valence electrons. The number of nitrogens with one attached hydrogen (secondary N) is 1. The zero-order valence-electron chi connectivity index (χ0n) is 10.1. The van der Waals surface area contributed by atoms with Gasteiger partial charge in [0.25, 0.3) is 0 Å². The summed E-state index contributed by atoms with van der Waals surface area (Å²) in [6.45, 7) is 2.46. The summed E-state index contributed by atoms with van der Waals surface area (Å²) < 4.78 is 49.2. The molecule has 18 heavy (non-hydrogen) atoms. The molecule has 1 atom stereocenters. The Morgan fingerprint density at radius 1 is 1.33 bits per heavy atom. The van der Waals surface area contributed by atoms with Crippen molar-refractivity contribution in [3.63, 3.8) is 0 Å². The summed E-state index contributed by atoms with van der Waals surface area (Å²) in [6.07, 6.45) is -2.10. The highest BCUT2D eigenvalue weighted by atomic mass is 19.4. The van der Waals surface area contributed by atoms with E-state index in [1.165, 1.54) is 12.3 Å². The maximum atomic E-state index is 13.0. The first-order valence-electron chi connectivity index (χ1n) is 5.83. The van der Waals surface area contributed by atoms with Crippen molar-refractivity contribution < 1.29 is 17.6 Å². The van der Waals surface area contributed by atoms with Crippen LogP contribution in [0.2, 0.25) is 0 Å². The summed E-state index contributed by atoms with van der Waals surface area (Å²) >= 11 is 0. The summed E-state index contributed by atoms with van der Waals surface area (Å²) in [5, 5.41) is 3.04. The monoisotopic (exact) mass is 264 g/mol. The third kappa shape index (κ3) is 5.44. The van der Waals surface area contributed by atoms with Crippen LogP contribution in [0.4, 0.5) is 17.6 Å². The van der Waals surface area contributed by atoms with Crippen LogP contribution in [0.3, 0.4) is 0 Å². The number of hydrogen-bond acceptors (Lipinski definition) is 2. The van der Waals surface area contributed by atoms with Crippen molar-refractivity contribution in [3.05, 3.63) is 29.8 Å². The van der Waals surface area contributed by atoms with Gasteiger partial charge in [-0.25, -0.2) is 4.39 Å². The van der Waals surface area contributed by atoms with Crippen LogP contribution in [0.1, 0.15) is 37.8 Å². The molecule has 1 aromatic heterocycles. The number of nitrogens with zero attached hydrogens (tertiary/aromatic N) is 1. The Labute approximate surface area is 103 Å². The molecule has 0 radical (unpaired) electrons. The molecule has 0 aliphatic rings. The van der Waals surface area contributed by atoms with Crippen LogP contribution in [-0.2, 0) is 0 Å². The number of alkyl halides is 3. The zero-order chi connectivity index (χ0) is 13.6. The second kappa shape index (κ2) is 6.68. The lowest BCUT2D eigenvalue weighted by Crippen LogP contribution is -2.22. The van der Waals surface area contributed by atoms with E-state index in [9.17, 15) is 17.6 Å². The third-order valence-corrected chi connectivity index (χ3v) is 2.53. The maximum Gasteiger partial charge on any atom is 0.389 e. The average molecular weight is 264 g/mol. The molecule has 1 N–H and O–H groups in total. The van der Waals surface area contributed by atoms with Gasteiger partial charge in [-0.05, 0) is 31.0 Å². The van der Waals surface area contributed by atoms with E-state index in [1.807, 2.05) is 6.92 Å². The fraction of sp³-hybridized carbons (Fsp3) is 0.583. The lowest BCUT2D eigenvalue weighted by atomic mass is 10.0. The van der Waals surface area contributed by atoms with E-state index in [-0.39, 0.29) is 12.5 Å². The van der Waals surface area contributed by atoms with Gasteiger partial charge in [-0.2, -0.15) is 13.2 Å². The highest BCUT2D eigenvalue weighted by Crippen LogP contribution is 2.26. The van der Waals surface area contributed by atoms with Crippen molar-refractivity contribution in [2.45, 2.75) is 38.4 Å². The van der Waals surface area contributed by atoms with Gasteiger partial charge in [0.2, 0.25) is 0 Å². The molecular weight excluding hydrogens is 248 g/mol. The van der Waals surface area contributed by atoms with E-state index in [4.69, 9.17) is 0 Å². The number of halogens is 4. The highest BCUT2D eigenvalue weighted by Gasteiger charge is 2.26. The molecular formula is C12H16F4N2. The molecule has 6 heteroatoms. The van der Waals surface area contributed by atoms with Crippen molar-refractivity contribution in [2.24, 2.45) is 0 Å². The number of aromatic nitrogens is 1. The van der Waals surface area contributed by atoms with Crippen molar-refractivity contribution in [1.29, 1.82) is 0 Å². The van der Waals surface area contributed by atoms with Crippen LogP contribution in [0.15, 0.2) is 18.5 Å². The smallest absolute Gasteiger partial charge is 0.310 e. The molecule has 1 unspecified atom stereocenters. The second-order valence-corrected chi connectivity index (χ2v) is 4.05. The Hall–Kier alpha value is -1.17. The van der Waals surface area contributed by atoms with Crippen LogP contribution in [0.5, 0.6) is 0 Å². The van der Waals surface area contributed by atoms with Gasteiger partial charge in [0.15, 0.2) is 0 Å². The van der Waals surface area contributed by atoms with Crippen LogP contribution >= 0.6 is 0 Å². The summed E-state index contributed by atoms with van der Waals surface area (Å²) in [5.41, 5.74) is 0.582. The Balaban J connectivity index is 2.60. The van der Waals surface area contributed by atoms with Gasteiger partial charge < -0.3 is 5.32 Å². The number of pyridine rings is 1. The van der Waals surface area contributed by atoms with Crippen molar-refractivity contribution in [3.8, 4) is 0 Å². The molecule has 1 rings (SSSR count). The molecule has 1 heterocycles. The van der Waals surface area contributed by atoms with Crippen LogP contribution in [0, 0.1) is 5.82 Å². The molecule has 0 fully saturated rings. The molecule has 0 saturated carbocycles. The van der Waals surface area contributed by atoms with Gasteiger partial charge in [-0.15, -0.1) is 0 Å². The van der Waals surface area contributed by atoms with E-state index in [2.05, 4.69) is 10.3 Å². The number of hydrogen-bond donors (Lipinski definition) is 1. The molecule has 0 saturated heterocycles. The van der Waals surface area contributed by atoms with Gasteiger partial charge in [0.1, 0.15) is 5.82 Å². The standard InChI is InChI=1S/C12H16F4N2/c1-2-18-11(4-3-5-12(14,15)16)9-6-10(13)8-17-7-9/h6-8,11,18H,2-5H2,1H3. The summed E-state index contributed by atoms with van der Waals surface area (Å²) in [6, 6.07) is 1.01. The van der Waals surface area contributed by atoms with Crippen molar-refractivity contribution in [1.82, 2.24) is 10.3 Å². The lowest BCUT2D eigenvalue weighted by molar-refractivity contribution is -0.135. The molecule has 2 nitrogen and oxygen atoms in total. The van der Waals surface area contributed by atoms with Crippen molar-refractivity contribution in [2.75, 3.05) is 6.54 Å². The molecule has 0 amide bonds. The largest absolute Gasteiger partial charge is 0.389 e. The highest BCUT2D eigenvalue weighted by molar-refractivity contribution is 5.15. The quantitative estimate of drug-likeness (QED) is 0.794. The average Bonchev–Trinajstić information content (AvgIpc) is 2.26. The van der Waals surface area contributed by atoms with Gasteiger partial charge in [-0.3, -0.25) is 4.98 Å². The third-order valence-electron chi connectivity index (χ3n) is 2.53. The fourth-order valence-corrected chi connectivity index (χ4v) is 1.76. The molecule has 0 aliphatic carbocycles. The molecule has 0 bridgehead atoms. The van der Waals surface area contributed by atoms with Gasteiger partial charge in [0.05, 0.1) is 6.20 Å². The van der Waals surface area contributed by atoms with Crippen molar-refractivity contribution >= 4 is 0 Å². The Kier molecular flexibility index (Phi) is 5.53. The minimum Gasteiger partial charge on any atom is -0.310 e. The molecule has 1 aromatic rings. The normalized spacial score (nSPS) is 13.6. The topological polar surface area (TPSA) is 24.9 Å². The zero-order valence-corrected chi connectivity index (χ0v) is 10.1. The molecule has 0 aromatic carbocycles. The predicted molar refractivity (Wildman–Crippen MR) is 60.5 cm³/mol. The maximum absolute atomic E-state index is 13.0. The first-order chi connectivity index (χ1) is 8.42. The lowest BCUT2D eigenvalue weighted by Gasteiger charge is -2.18. The number of rotatable bonds is 6. The summed E-state index contributed by atoms with van der Waals surface area (Å²) in [5.74, 6) is -0.480. The predicted octanol–water partition coefficient (Wildman–Crippen LogP) is 3.60. The summed E-state index contributed by atoms with van der Waals surface area (Å²) in [4.78, 5) is 3.71. The SMILES string of the molecule is CCNC(CCCC(F)(F)F)c1cncc(F)c1. The molecule has 0 aliphatic heterocycles. The van der Waals surface area contributed by atoms with E-state index in [0.29, 0.717) is 18.5 Å². The summed E-state index contributed by atoms with van der Waals surface area (Å²) in [7, 11) is 0. The minimum atomic E-state index is -4.14.